The molecule has 102 valence electrons. The van der Waals surface area contributed by atoms with Crippen LogP contribution in [-0.2, 0) is 7.05 Å². The van der Waals surface area contributed by atoms with Crippen LogP contribution >= 0.6 is 0 Å². The normalized spacial score (nSPS) is 12.7. The van der Waals surface area contributed by atoms with Crippen LogP contribution in [-0.4, -0.2) is 16.3 Å². The monoisotopic (exact) mass is 265 g/mol. The lowest BCUT2D eigenvalue weighted by molar-refractivity contribution is 0.547. The molecule has 0 spiro atoms. The molecule has 1 heterocycles. The second-order valence-electron chi connectivity index (χ2n) is 4.53. The van der Waals surface area contributed by atoms with Crippen LogP contribution in [0.3, 0.4) is 0 Å². The summed E-state index contributed by atoms with van der Waals surface area (Å²) in [6.07, 6.45) is 0. The van der Waals surface area contributed by atoms with Gasteiger partial charge in [-0.1, -0.05) is 6.92 Å². The van der Waals surface area contributed by atoms with Crippen molar-refractivity contribution in [3.05, 3.63) is 52.9 Å². The van der Waals surface area contributed by atoms with Gasteiger partial charge in [0.2, 0.25) is 0 Å². The Bertz CT molecular complexity index is 558. The molecule has 0 aliphatic heterocycles. The molecule has 0 aliphatic carbocycles. The lowest BCUT2D eigenvalue weighted by atomic mass is 10.0. The third-order valence-corrected chi connectivity index (χ3v) is 2.96. The van der Waals surface area contributed by atoms with E-state index in [4.69, 9.17) is 0 Å². The second-order valence-corrected chi connectivity index (χ2v) is 4.53. The van der Waals surface area contributed by atoms with E-state index in [0.29, 0.717) is 12.1 Å². The van der Waals surface area contributed by atoms with E-state index in [1.807, 2.05) is 27.0 Å². The first-order chi connectivity index (χ1) is 9.01. The molecule has 1 unspecified atom stereocenters. The van der Waals surface area contributed by atoms with Gasteiger partial charge in [0.1, 0.15) is 11.6 Å². The first kappa shape index (κ1) is 13.7. The molecule has 5 heteroatoms. The summed E-state index contributed by atoms with van der Waals surface area (Å²) >= 11 is 0. The quantitative estimate of drug-likeness (QED) is 0.921. The van der Waals surface area contributed by atoms with Crippen molar-refractivity contribution in [3.8, 4) is 0 Å². The zero-order chi connectivity index (χ0) is 14.0. The first-order valence-electron chi connectivity index (χ1n) is 6.21. The predicted molar refractivity (Wildman–Crippen MR) is 69.8 cm³/mol. The summed E-state index contributed by atoms with van der Waals surface area (Å²) < 4.78 is 28.4. The van der Waals surface area contributed by atoms with Crippen molar-refractivity contribution in [2.45, 2.75) is 19.9 Å². The highest BCUT2D eigenvalue weighted by atomic mass is 19.1. The predicted octanol–water partition coefficient (Wildman–Crippen LogP) is 2.71. The standard InChI is InChI=1S/C14H17F2N3/c1-4-17-14(13-5-9(2)18-19(13)3)10-6-11(15)8-12(16)7-10/h5-8,14,17H,4H2,1-3H3. The number of aromatic nitrogens is 2. The van der Waals surface area contributed by atoms with E-state index in [9.17, 15) is 8.78 Å². The summed E-state index contributed by atoms with van der Waals surface area (Å²) in [5.74, 6) is -1.14. The summed E-state index contributed by atoms with van der Waals surface area (Å²) in [6, 6.07) is 5.20. The number of aryl methyl sites for hydroxylation is 2. The van der Waals surface area contributed by atoms with Crippen LogP contribution in [0.25, 0.3) is 0 Å². The Labute approximate surface area is 111 Å². The Kier molecular flexibility index (Phi) is 3.95. The molecular formula is C14H17F2N3. The zero-order valence-electron chi connectivity index (χ0n) is 11.2. The van der Waals surface area contributed by atoms with Crippen LogP contribution in [0.2, 0.25) is 0 Å². The average molecular weight is 265 g/mol. The van der Waals surface area contributed by atoms with Gasteiger partial charge in [-0.2, -0.15) is 5.10 Å². The van der Waals surface area contributed by atoms with E-state index < -0.39 is 11.6 Å². The zero-order valence-corrected chi connectivity index (χ0v) is 11.2. The Hall–Kier alpha value is -1.75. The number of rotatable bonds is 4. The number of nitrogens with zero attached hydrogens (tertiary/aromatic N) is 2. The highest BCUT2D eigenvalue weighted by Crippen LogP contribution is 2.24. The van der Waals surface area contributed by atoms with Gasteiger partial charge in [0, 0.05) is 13.1 Å². The van der Waals surface area contributed by atoms with Gasteiger partial charge >= 0.3 is 0 Å². The summed E-state index contributed by atoms with van der Waals surface area (Å²) in [6.45, 7) is 4.53. The fourth-order valence-corrected chi connectivity index (χ4v) is 2.24. The lowest BCUT2D eigenvalue weighted by Crippen LogP contribution is -2.24. The van der Waals surface area contributed by atoms with Crippen molar-refractivity contribution in [1.29, 1.82) is 0 Å². The molecule has 2 aromatic rings. The molecule has 1 aromatic heterocycles. The molecule has 0 fully saturated rings. The number of benzene rings is 1. The van der Waals surface area contributed by atoms with Crippen molar-refractivity contribution in [3.63, 3.8) is 0 Å². The van der Waals surface area contributed by atoms with Crippen molar-refractivity contribution in [2.24, 2.45) is 7.05 Å². The maximum absolute atomic E-state index is 13.4. The molecule has 0 saturated heterocycles. The van der Waals surface area contributed by atoms with Gasteiger partial charge < -0.3 is 5.32 Å². The van der Waals surface area contributed by atoms with Crippen molar-refractivity contribution in [1.82, 2.24) is 15.1 Å². The second kappa shape index (κ2) is 5.48. The summed E-state index contributed by atoms with van der Waals surface area (Å²) in [4.78, 5) is 0. The molecule has 1 N–H and O–H groups in total. The van der Waals surface area contributed by atoms with Gasteiger partial charge in [-0.15, -0.1) is 0 Å². The molecule has 1 atom stereocenters. The number of hydrogen-bond acceptors (Lipinski definition) is 2. The number of halogens is 2. The van der Waals surface area contributed by atoms with Gasteiger partial charge in [0.25, 0.3) is 0 Å². The van der Waals surface area contributed by atoms with Crippen LogP contribution in [0.1, 0.15) is 29.9 Å². The summed E-state index contributed by atoms with van der Waals surface area (Å²) in [5, 5.41) is 7.50. The van der Waals surface area contributed by atoms with Gasteiger partial charge in [-0.3, -0.25) is 4.68 Å². The molecule has 0 saturated carbocycles. The highest BCUT2D eigenvalue weighted by molar-refractivity contribution is 5.30. The van der Waals surface area contributed by atoms with Crippen molar-refractivity contribution in [2.75, 3.05) is 6.54 Å². The van der Waals surface area contributed by atoms with Crippen molar-refractivity contribution >= 4 is 0 Å². The Balaban J connectivity index is 2.47. The fourth-order valence-electron chi connectivity index (χ4n) is 2.24. The molecule has 2 rings (SSSR count). The Morgan fingerprint density at radius 3 is 2.32 bits per heavy atom. The van der Waals surface area contributed by atoms with E-state index >= 15 is 0 Å². The van der Waals surface area contributed by atoms with Crippen LogP contribution in [0, 0.1) is 18.6 Å². The SMILES string of the molecule is CCNC(c1cc(F)cc(F)c1)c1cc(C)nn1C. The van der Waals surface area contributed by atoms with Crippen molar-refractivity contribution < 1.29 is 8.78 Å². The summed E-state index contributed by atoms with van der Waals surface area (Å²) in [5.41, 5.74) is 2.31. The topological polar surface area (TPSA) is 29.9 Å². The molecular weight excluding hydrogens is 248 g/mol. The van der Waals surface area contributed by atoms with Gasteiger partial charge in [0.15, 0.2) is 0 Å². The van der Waals surface area contributed by atoms with Crippen LogP contribution in [0.15, 0.2) is 24.3 Å². The molecule has 0 radical (unpaired) electrons. The molecule has 3 nitrogen and oxygen atoms in total. The minimum Gasteiger partial charge on any atom is -0.305 e. The average Bonchev–Trinajstić information content (AvgIpc) is 2.64. The Morgan fingerprint density at radius 1 is 1.21 bits per heavy atom. The van der Waals surface area contributed by atoms with E-state index in [1.54, 1.807) is 4.68 Å². The number of nitrogens with one attached hydrogen (secondary N) is 1. The smallest absolute Gasteiger partial charge is 0.126 e. The third-order valence-electron chi connectivity index (χ3n) is 2.96. The molecule has 0 bridgehead atoms. The van der Waals surface area contributed by atoms with Crippen LogP contribution in [0.4, 0.5) is 8.78 Å². The molecule has 0 aliphatic rings. The third kappa shape index (κ3) is 2.98. The maximum Gasteiger partial charge on any atom is 0.126 e. The highest BCUT2D eigenvalue weighted by Gasteiger charge is 2.18. The van der Waals surface area contributed by atoms with Crippen LogP contribution < -0.4 is 5.32 Å². The Morgan fingerprint density at radius 2 is 1.84 bits per heavy atom. The fraction of sp³-hybridized carbons (Fsp3) is 0.357. The largest absolute Gasteiger partial charge is 0.305 e. The molecule has 1 aromatic carbocycles. The van der Waals surface area contributed by atoms with Gasteiger partial charge in [0.05, 0.1) is 17.4 Å². The lowest BCUT2D eigenvalue weighted by Gasteiger charge is -2.18. The summed E-state index contributed by atoms with van der Waals surface area (Å²) in [7, 11) is 1.82. The minimum absolute atomic E-state index is 0.276. The van der Waals surface area contributed by atoms with E-state index in [1.165, 1.54) is 12.1 Å². The minimum atomic E-state index is -0.572. The first-order valence-corrected chi connectivity index (χ1v) is 6.21. The van der Waals surface area contributed by atoms with E-state index in [-0.39, 0.29) is 6.04 Å². The molecule has 0 amide bonds. The van der Waals surface area contributed by atoms with Crippen LogP contribution in [0.5, 0.6) is 0 Å². The van der Waals surface area contributed by atoms with Gasteiger partial charge in [-0.05, 0) is 37.2 Å². The molecule has 19 heavy (non-hydrogen) atoms. The maximum atomic E-state index is 13.4. The van der Waals surface area contributed by atoms with E-state index in [0.717, 1.165) is 17.5 Å². The number of hydrogen-bond donors (Lipinski definition) is 1. The van der Waals surface area contributed by atoms with E-state index in [2.05, 4.69) is 10.4 Å². The van der Waals surface area contributed by atoms with Gasteiger partial charge in [-0.25, -0.2) is 8.78 Å².